The predicted octanol–water partition coefficient (Wildman–Crippen LogP) is 4.02. The summed E-state index contributed by atoms with van der Waals surface area (Å²) in [4.78, 5) is 27.5. The molecule has 0 saturated carbocycles. The third-order valence-corrected chi connectivity index (χ3v) is 3.97. The molecule has 144 valence electrons. The zero-order valence-electron chi connectivity index (χ0n) is 15.4. The Hall–Kier alpha value is -3.48. The van der Waals surface area contributed by atoms with Crippen LogP contribution in [0.25, 0.3) is 10.9 Å². The molecule has 1 aromatic heterocycles. The summed E-state index contributed by atoms with van der Waals surface area (Å²) in [6, 6.07) is 13.2. The molecule has 3 aromatic rings. The van der Waals surface area contributed by atoms with Crippen molar-refractivity contribution in [3.05, 3.63) is 60.5 Å². The summed E-state index contributed by atoms with van der Waals surface area (Å²) >= 11 is 0. The van der Waals surface area contributed by atoms with Crippen LogP contribution in [0.3, 0.4) is 0 Å². The second-order valence-corrected chi connectivity index (χ2v) is 6.15. The van der Waals surface area contributed by atoms with Crippen LogP contribution in [-0.4, -0.2) is 23.3 Å². The summed E-state index contributed by atoms with van der Waals surface area (Å²) in [5, 5.41) is 5.81. The van der Waals surface area contributed by atoms with Crippen molar-refractivity contribution in [2.45, 2.75) is 19.8 Å². The van der Waals surface area contributed by atoms with E-state index >= 15 is 0 Å². The van der Waals surface area contributed by atoms with Crippen molar-refractivity contribution in [2.24, 2.45) is 0 Å². The second kappa shape index (κ2) is 8.94. The largest absolute Gasteiger partial charge is 0.454 e. The minimum Gasteiger partial charge on any atom is -0.454 e. The molecule has 0 fully saturated rings. The average molecular weight is 381 g/mol. The van der Waals surface area contributed by atoms with E-state index in [2.05, 4.69) is 15.6 Å². The van der Waals surface area contributed by atoms with Crippen LogP contribution in [-0.2, 0) is 9.59 Å². The highest BCUT2D eigenvalue weighted by Crippen LogP contribution is 2.31. The Morgan fingerprint density at radius 3 is 2.68 bits per heavy atom. The molecule has 2 aromatic carbocycles. The number of nitrogens with zero attached hydrogens (tertiary/aromatic N) is 1. The maximum Gasteiger partial charge on any atom is 0.243 e. The number of carbonyl (C=O) groups excluding carboxylic acids is 2. The molecule has 0 atom stereocenters. The van der Waals surface area contributed by atoms with Gasteiger partial charge >= 0.3 is 0 Å². The van der Waals surface area contributed by atoms with Gasteiger partial charge in [0.25, 0.3) is 0 Å². The summed E-state index contributed by atoms with van der Waals surface area (Å²) in [6.07, 6.45) is 2.65. The van der Waals surface area contributed by atoms with E-state index in [1.807, 2.05) is 31.2 Å². The molecule has 2 amide bonds. The Kier molecular flexibility index (Phi) is 6.16. The number of amides is 2. The van der Waals surface area contributed by atoms with E-state index < -0.39 is 11.7 Å². The number of anilines is 1. The first-order valence-corrected chi connectivity index (χ1v) is 8.94. The monoisotopic (exact) mass is 381 g/mol. The number of benzene rings is 2. The standard InChI is InChI=1S/C21H20FN3O3/c1-2-5-20(26)24-13-21(27)25-14-8-9-19(16(22)12-14)28-18-10-11-23-17-7-4-3-6-15(17)18/h3-4,6-12H,2,5,13H2,1H3,(H,24,26)(H,25,27). The maximum absolute atomic E-state index is 14.4. The number of pyridine rings is 1. The van der Waals surface area contributed by atoms with E-state index in [-0.39, 0.29) is 23.9 Å². The number of aromatic nitrogens is 1. The van der Waals surface area contributed by atoms with E-state index in [0.717, 1.165) is 10.9 Å². The number of fused-ring (bicyclic) bond motifs is 1. The molecule has 28 heavy (non-hydrogen) atoms. The van der Waals surface area contributed by atoms with E-state index in [4.69, 9.17) is 4.74 Å². The molecule has 3 rings (SSSR count). The minimum atomic E-state index is -0.617. The summed E-state index contributed by atoms with van der Waals surface area (Å²) < 4.78 is 20.1. The van der Waals surface area contributed by atoms with E-state index in [9.17, 15) is 14.0 Å². The predicted molar refractivity (Wildman–Crippen MR) is 105 cm³/mol. The molecule has 0 radical (unpaired) electrons. The van der Waals surface area contributed by atoms with Gasteiger partial charge in [-0.1, -0.05) is 19.1 Å². The van der Waals surface area contributed by atoms with Crippen LogP contribution in [0.4, 0.5) is 10.1 Å². The van der Waals surface area contributed by atoms with Crippen LogP contribution in [0.2, 0.25) is 0 Å². The molecule has 0 unspecified atom stereocenters. The lowest BCUT2D eigenvalue weighted by molar-refractivity contribution is -0.124. The number of rotatable bonds is 7. The fraction of sp³-hybridized carbons (Fsp3) is 0.190. The van der Waals surface area contributed by atoms with Crippen molar-refractivity contribution in [1.82, 2.24) is 10.3 Å². The van der Waals surface area contributed by atoms with Crippen molar-refractivity contribution >= 4 is 28.4 Å². The minimum absolute atomic E-state index is 0.0330. The lowest BCUT2D eigenvalue weighted by Gasteiger charge is -2.11. The molecule has 2 N–H and O–H groups in total. The molecule has 1 heterocycles. The number of halogens is 1. The molecular weight excluding hydrogens is 361 g/mol. The van der Waals surface area contributed by atoms with Crippen LogP contribution in [0.1, 0.15) is 19.8 Å². The molecule has 7 heteroatoms. The number of nitrogens with one attached hydrogen (secondary N) is 2. The van der Waals surface area contributed by atoms with Crippen LogP contribution in [0.15, 0.2) is 54.7 Å². The van der Waals surface area contributed by atoms with Gasteiger partial charge in [0.05, 0.1) is 12.1 Å². The van der Waals surface area contributed by atoms with E-state index in [1.165, 1.54) is 18.2 Å². The quantitative estimate of drug-likeness (QED) is 0.648. The van der Waals surface area contributed by atoms with Gasteiger partial charge in [-0.25, -0.2) is 4.39 Å². The third-order valence-electron chi connectivity index (χ3n) is 3.97. The highest BCUT2D eigenvalue weighted by Gasteiger charge is 2.11. The van der Waals surface area contributed by atoms with Crippen LogP contribution >= 0.6 is 0 Å². The zero-order valence-corrected chi connectivity index (χ0v) is 15.4. The number of para-hydroxylation sites is 1. The lowest BCUT2D eigenvalue weighted by Crippen LogP contribution is -2.32. The molecule has 0 bridgehead atoms. The Labute approximate surface area is 161 Å². The Bertz CT molecular complexity index is 1000. The number of hydrogen-bond donors (Lipinski definition) is 2. The highest BCUT2D eigenvalue weighted by molar-refractivity contribution is 5.94. The van der Waals surface area contributed by atoms with Crippen LogP contribution in [0.5, 0.6) is 11.5 Å². The topological polar surface area (TPSA) is 80.3 Å². The normalized spacial score (nSPS) is 10.5. The van der Waals surface area contributed by atoms with Gasteiger partial charge in [-0.2, -0.15) is 0 Å². The van der Waals surface area contributed by atoms with Gasteiger partial charge in [0.2, 0.25) is 11.8 Å². The highest BCUT2D eigenvalue weighted by atomic mass is 19.1. The van der Waals surface area contributed by atoms with E-state index in [1.54, 1.807) is 12.3 Å². The van der Waals surface area contributed by atoms with Crippen molar-refractivity contribution in [1.29, 1.82) is 0 Å². The van der Waals surface area contributed by atoms with Crippen molar-refractivity contribution in [3.8, 4) is 11.5 Å². The van der Waals surface area contributed by atoms with Gasteiger partial charge in [-0.3, -0.25) is 14.6 Å². The fourth-order valence-corrected chi connectivity index (χ4v) is 2.64. The summed E-state index contributed by atoms with van der Waals surface area (Å²) in [6.45, 7) is 1.71. The molecule has 6 nitrogen and oxygen atoms in total. The maximum atomic E-state index is 14.4. The summed E-state index contributed by atoms with van der Waals surface area (Å²) in [7, 11) is 0. The zero-order chi connectivity index (χ0) is 19.9. The SMILES string of the molecule is CCCC(=O)NCC(=O)Nc1ccc(Oc2ccnc3ccccc23)c(F)c1. The molecule has 0 spiro atoms. The summed E-state index contributed by atoms with van der Waals surface area (Å²) in [5.74, 6) is -0.728. The van der Waals surface area contributed by atoms with Gasteiger partial charge in [0.15, 0.2) is 11.6 Å². The first-order chi connectivity index (χ1) is 13.6. The number of ether oxygens (including phenoxy) is 1. The van der Waals surface area contributed by atoms with Gasteiger partial charge in [0.1, 0.15) is 5.75 Å². The van der Waals surface area contributed by atoms with Gasteiger partial charge in [-0.05, 0) is 36.8 Å². The first kappa shape index (κ1) is 19.3. The summed E-state index contributed by atoms with van der Waals surface area (Å²) in [5.41, 5.74) is 1.02. The molecular formula is C21H20FN3O3. The second-order valence-electron chi connectivity index (χ2n) is 6.15. The Balaban J connectivity index is 1.67. The van der Waals surface area contributed by atoms with Crippen LogP contribution < -0.4 is 15.4 Å². The van der Waals surface area contributed by atoms with Gasteiger partial charge < -0.3 is 15.4 Å². The first-order valence-electron chi connectivity index (χ1n) is 8.94. The lowest BCUT2D eigenvalue weighted by atomic mass is 10.2. The van der Waals surface area contributed by atoms with Gasteiger partial charge in [-0.15, -0.1) is 0 Å². The van der Waals surface area contributed by atoms with Crippen molar-refractivity contribution in [2.75, 3.05) is 11.9 Å². The van der Waals surface area contributed by atoms with Crippen molar-refractivity contribution < 1.29 is 18.7 Å². The molecule has 0 aliphatic carbocycles. The Morgan fingerprint density at radius 2 is 1.89 bits per heavy atom. The van der Waals surface area contributed by atoms with Crippen LogP contribution in [0, 0.1) is 5.82 Å². The average Bonchev–Trinajstić information content (AvgIpc) is 2.69. The Morgan fingerprint density at radius 1 is 1.07 bits per heavy atom. The smallest absolute Gasteiger partial charge is 0.243 e. The number of carbonyl (C=O) groups is 2. The fourth-order valence-electron chi connectivity index (χ4n) is 2.64. The molecule has 0 aliphatic rings. The van der Waals surface area contributed by atoms with Crippen molar-refractivity contribution in [3.63, 3.8) is 0 Å². The number of hydrogen-bond acceptors (Lipinski definition) is 4. The third kappa shape index (κ3) is 4.82. The molecule has 0 aliphatic heterocycles. The molecule has 0 saturated heterocycles. The van der Waals surface area contributed by atoms with E-state index in [0.29, 0.717) is 18.6 Å². The van der Waals surface area contributed by atoms with Gasteiger partial charge in [0, 0.05) is 29.8 Å².